The third kappa shape index (κ3) is 2.86. The minimum atomic E-state index is 0.638. The van der Waals surface area contributed by atoms with Crippen molar-refractivity contribution < 1.29 is 0 Å². The first-order valence-electron chi connectivity index (χ1n) is 4.30. The van der Waals surface area contributed by atoms with Gasteiger partial charge in [0, 0.05) is 11.4 Å². The standard InChI is InChI=1S/C8H11BrN2S2/c9-7-5-13-8(11-7)10-6-1-3-12-4-2-6/h5-6H,1-4H2,(H,10,11). The van der Waals surface area contributed by atoms with E-state index in [2.05, 4.69) is 26.2 Å². The van der Waals surface area contributed by atoms with Crippen LogP contribution in [-0.4, -0.2) is 22.5 Å². The Morgan fingerprint density at radius 3 is 2.85 bits per heavy atom. The van der Waals surface area contributed by atoms with Crippen molar-refractivity contribution in [2.45, 2.75) is 18.9 Å². The van der Waals surface area contributed by atoms with Crippen LogP contribution in [0.4, 0.5) is 5.13 Å². The molecule has 0 saturated carbocycles. The molecule has 1 aromatic rings. The average Bonchev–Trinajstić information content (AvgIpc) is 2.53. The molecule has 0 aromatic carbocycles. The molecule has 2 rings (SSSR count). The van der Waals surface area contributed by atoms with Gasteiger partial charge in [0.1, 0.15) is 4.60 Å². The number of thiazole rings is 1. The van der Waals surface area contributed by atoms with Crippen molar-refractivity contribution in [1.82, 2.24) is 4.98 Å². The summed E-state index contributed by atoms with van der Waals surface area (Å²) in [6.07, 6.45) is 2.53. The molecule has 0 radical (unpaired) electrons. The van der Waals surface area contributed by atoms with Crippen LogP contribution in [0.15, 0.2) is 9.98 Å². The minimum absolute atomic E-state index is 0.638. The Morgan fingerprint density at radius 1 is 1.46 bits per heavy atom. The molecule has 1 N–H and O–H groups in total. The van der Waals surface area contributed by atoms with Crippen molar-refractivity contribution in [3.63, 3.8) is 0 Å². The molecule has 0 atom stereocenters. The summed E-state index contributed by atoms with van der Waals surface area (Å²) in [4.78, 5) is 4.32. The minimum Gasteiger partial charge on any atom is -0.359 e. The summed E-state index contributed by atoms with van der Waals surface area (Å²) in [5.41, 5.74) is 0. The lowest BCUT2D eigenvalue weighted by molar-refractivity contribution is 0.666. The van der Waals surface area contributed by atoms with Crippen LogP contribution in [0.25, 0.3) is 0 Å². The first-order valence-corrected chi connectivity index (χ1v) is 7.12. The highest BCUT2D eigenvalue weighted by molar-refractivity contribution is 9.10. The van der Waals surface area contributed by atoms with E-state index in [-0.39, 0.29) is 0 Å². The maximum atomic E-state index is 4.32. The van der Waals surface area contributed by atoms with Crippen molar-refractivity contribution in [1.29, 1.82) is 0 Å². The third-order valence-corrected chi connectivity index (χ3v) is 4.56. The lowest BCUT2D eigenvalue weighted by Gasteiger charge is -2.21. The second-order valence-electron chi connectivity index (χ2n) is 3.01. The molecule has 0 bridgehead atoms. The van der Waals surface area contributed by atoms with E-state index in [1.807, 2.05) is 17.1 Å². The molecule has 72 valence electrons. The molecular formula is C8H11BrN2S2. The van der Waals surface area contributed by atoms with Gasteiger partial charge in [0.15, 0.2) is 5.13 Å². The van der Waals surface area contributed by atoms with Gasteiger partial charge in [-0.3, -0.25) is 0 Å². The van der Waals surface area contributed by atoms with Gasteiger partial charge in [-0.2, -0.15) is 11.8 Å². The van der Waals surface area contributed by atoms with E-state index < -0.39 is 0 Å². The fraction of sp³-hybridized carbons (Fsp3) is 0.625. The van der Waals surface area contributed by atoms with Crippen molar-refractivity contribution in [2.75, 3.05) is 16.8 Å². The molecule has 1 aromatic heterocycles. The van der Waals surface area contributed by atoms with Gasteiger partial charge in [0.25, 0.3) is 0 Å². The van der Waals surface area contributed by atoms with Crippen molar-refractivity contribution in [3.05, 3.63) is 9.98 Å². The fourth-order valence-corrected chi connectivity index (χ4v) is 3.67. The van der Waals surface area contributed by atoms with E-state index in [0.717, 1.165) is 9.73 Å². The van der Waals surface area contributed by atoms with E-state index in [4.69, 9.17) is 0 Å². The van der Waals surface area contributed by atoms with Crippen molar-refractivity contribution in [2.24, 2.45) is 0 Å². The average molecular weight is 279 g/mol. The molecule has 0 amide bonds. The Labute approximate surface area is 94.7 Å². The zero-order chi connectivity index (χ0) is 9.10. The number of nitrogens with zero attached hydrogens (tertiary/aromatic N) is 1. The summed E-state index contributed by atoms with van der Waals surface area (Å²) in [5, 5.41) is 6.52. The van der Waals surface area contributed by atoms with E-state index in [1.54, 1.807) is 11.3 Å². The number of nitrogens with one attached hydrogen (secondary N) is 1. The number of anilines is 1. The smallest absolute Gasteiger partial charge is 0.183 e. The van der Waals surface area contributed by atoms with E-state index >= 15 is 0 Å². The fourth-order valence-electron chi connectivity index (χ4n) is 1.34. The van der Waals surface area contributed by atoms with Crippen molar-refractivity contribution in [3.8, 4) is 0 Å². The largest absolute Gasteiger partial charge is 0.359 e. The topological polar surface area (TPSA) is 24.9 Å². The summed E-state index contributed by atoms with van der Waals surface area (Å²) < 4.78 is 0.935. The maximum absolute atomic E-state index is 4.32. The predicted molar refractivity (Wildman–Crippen MR) is 63.8 cm³/mol. The summed E-state index contributed by atoms with van der Waals surface area (Å²) in [6, 6.07) is 0.638. The Hall–Kier alpha value is 0.260. The molecule has 0 unspecified atom stereocenters. The molecule has 2 nitrogen and oxygen atoms in total. The summed E-state index contributed by atoms with van der Waals surface area (Å²) in [5.74, 6) is 2.56. The SMILES string of the molecule is Brc1csc(NC2CCSCC2)n1. The molecule has 1 aliphatic heterocycles. The molecule has 2 heterocycles. The monoisotopic (exact) mass is 278 g/mol. The Morgan fingerprint density at radius 2 is 2.23 bits per heavy atom. The summed E-state index contributed by atoms with van der Waals surface area (Å²) in [7, 11) is 0. The van der Waals surface area contributed by atoms with Crippen LogP contribution in [0, 0.1) is 0 Å². The number of hydrogen-bond donors (Lipinski definition) is 1. The van der Waals surface area contributed by atoms with Gasteiger partial charge < -0.3 is 5.32 Å². The van der Waals surface area contributed by atoms with E-state index in [9.17, 15) is 0 Å². The van der Waals surface area contributed by atoms with E-state index in [1.165, 1.54) is 24.3 Å². The quantitative estimate of drug-likeness (QED) is 0.899. The normalized spacial score (nSPS) is 18.8. The Balaban J connectivity index is 1.89. The molecular weight excluding hydrogens is 268 g/mol. The zero-order valence-electron chi connectivity index (χ0n) is 7.12. The predicted octanol–water partition coefficient (Wildman–Crippen LogP) is 3.21. The summed E-state index contributed by atoms with van der Waals surface area (Å²) in [6.45, 7) is 0. The lowest BCUT2D eigenvalue weighted by atomic mass is 10.2. The number of hydrogen-bond acceptors (Lipinski definition) is 4. The van der Waals surface area contributed by atoms with Gasteiger partial charge in [-0.25, -0.2) is 4.98 Å². The molecule has 1 aliphatic rings. The van der Waals surface area contributed by atoms with Crippen LogP contribution in [0.1, 0.15) is 12.8 Å². The lowest BCUT2D eigenvalue weighted by Crippen LogP contribution is -2.24. The number of halogens is 1. The van der Waals surface area contributed by atoms with E-state index in [0.29, 0.717) is 6.04 Å². The molecule has 1 fully saturated rings. The molecule has 1 saturated heterocycles. The van der Waals surface area contributed by atoms with Crippen LogP contribution in [0.5, 0.6) is 0 Å². The second kappa shape index (κ2) is 4.66. The molecule has 0 spiro atoms. The molecule has 5 heteroatoms. The van der Waals surface area contributed by atoms with Crippen LogP contribution < -0.4 is 5.32 Å². The van der Waals surface area contributed by atoms with Crippen LogP contribution in [0.3, 0.4) is 0 Å². The van der Waals surface area contributed by atoms with Gasteiger partial charge in [-0.15, -0.1) is 11.3 Å². The highest BCUT2D eigenvalue weighted by atomic mass is 79.9. The zero-order valence-corrected chi connectivity index (χ0v) is 10.3. The third-order valence-electron chi connectivity index (χ3n) is 2.03. The van der Waals surface area contributed by atoms with Gasteiger partial charge in [0.05, 0.1) is 0 Å². The maximum Gasteiger partial charge on any atom is 0.183 e. The number of thioether (sulfide) groups is 1. The highest BCUT2D eigenvalue weighted by Crippen LogP contribution is 2.24. The van der Waals surface area contributed by atoms with Gasteiger partial charge >= 0.3 is 0 Å². The molecule has 13 heavy (non-hydrogen) atoms. The first kappa shape index (κ1) is 9.80. The summed E-state index contributed by atoms with van der Waals surface area (Å²) >= 11 is 7.07. The van der Waals surface area contributed by atoms with Gasteiger partial charge in [0.2, 0.25) is 0 Å². The first-order chi connectivity index (χ1) is 6.34. The number of aromatic nitrogens is 1. The molecule has 0 aliphatic carbocycles. The van der Waals surface area contributed by atoms with Gasteiger partial charge in [-0.05, 0) is 40.3 Å². The van der Waals surface area contributed by atoms with Gasteiger partial charge in [-0.1, -0.05) is 0 Å². The number of rotatable bonds is 2. The van der Waals surface area contributed by atoms with Crippen LogP contribution >= 0.6 is 39.0 Å². The van der Waals surface area contributed by atoms with Crippen molar-refractivity contribution >= 4 is 44.2 Å². The van der Waals surface area contributed by atoms with Crippen LogP contribution in [0.2, 0.25) is 0 Å². The van der Waals surface area contributed by atoms with Crippen LogP contribution in [-0.2, 0) is 0 Å². The second-order valence-corrected chi connectivity index (χ2v) is 5.90. The Bertz CT molecular complexity index is 271. The Kier molecular flexibility index (Phi) is 3.51. The highest BCUT2D eigenvalue weighted by Gasteiger charge is 2.14.